The molecule has 0 aromatic carbocycles. The van der Waals surface area contributed by atoms with E-state index in [1.807, 2.05) is 17.9 Å². The minimum atomic E-state index is 0.0541. The lowest BCUT2D eigenvalue weighted by Crippen LogP contribution is -2.52. The average molecular weight is 278 g/mol. The molecule has 3 heterocycles. The Kier molecular flexibility index (Phi) is 4.03. The number of hydrogen-bond donors (Lipinski definition) is 1. The Labute approximate surface area is 119 Å². The number of rotatable bonds is 3. The number of hydrogen-bond acceptors (Lipinski definition) is 5. The van der Waals surface area contributed by atoms with Crippen LogP contribution in [0.15, 0.2) is 10.6 Å². The van der Waals surface area contributed by atoms with Crippen LogP contribution in [0.4, 0.5) is 0 Å². The monoisotopic (exact) mass is 278 g/mol. The Bertz CT molecular complexity index is 459. The summed E-state index contributed by atoms with van der Waals surface area (Å²) in [7, 11) is 0. The molecule has 20 heavy (non-hydrogen) atoms. The number of amides is 1. The van der Waals surface area contributed by atoms with Crippen LogP contribution in [-0.4, -0.2) is 59.6 Å². The van der Waals surface area contributed by atoms with Gasteiger partial charge < -0.3 is 14.7 Å². The molecule has 1 atom stereocenters. The molecule has 0 unspecified atom stereocenters. The number of carbonyl (C=O) groups excluding carboxylic acids is 1. The molecule has 1 amide bonds. The quantitative estimate of drug-likeness (QED) is 0.866. The maximum atomic E-state index is 12.3. The highest BCUT2D eigenvalue weighted by Crippen LogP contribution is 2.13. The summed E-state index contributed by atoms with van der Waals surface area (Å²) < 4.78 is 5.24. The van der Waals surface area contributed by atoms with Gasteiger partial charge in [-0.2, -0.15) is 0 Å². The van der Waals surface area contributed by atoms with Gasteiger partial charge in [0.25, 0.3) is 0 Å². The average Bonchev–Trinajstić information content (AvgIpc) is 3.11. The summed E-state index contributed by atoms with van der Waals surface area (Å²) in [6.45, 7) is 7.11. The fourth-order valence-electron chi connectivity index (χ4n) is 2.95. The number of aromatic nitrogens is 1. The molecule has 6 heteroatoms. The van der Waals surface area contributed by atoms with Crippen molar-refractivity contribution in [2.24, 2.45) is 0 Å². The summed E-state index contributed by atoms with van der Waals surface area (Å²) in [4.78, 5) is 16.6. The Morgan fingerprint density at radius 1 is 1.45 bits per heavy atom. The first-order chi connectivity index (χ1) is 9.72. The SMILES string of the molecule is Cc1cc(CN2CCN(C(=O)[C@@H]3CCCN3)CC2)on1. The summed E-state index contributed by atoms with van der Waals surface area (Å²) in [5, 5.41) is 7.18. The van der Waals surface area contributed by atoms with Crippen LogP contribution in [0.5, 0.6) is 0 Å². The lowest BCUT2D eigenvalue weighted by Gasteiger charge is -2.35. The second-order valence-corrected chi connectivity index (χ2v) is 5.68. The molecule has 2 aliphatic heterocycles. The molecule has 0 bridgehead atoms. The number of piperazine rings is 1. The fourth-order valence-corrected chi connectivity index (χ4v) is 2.95. The number of carbonyl (C=O) groups is 1. The standard InChI is InChI=1S/C14H22N4O2/c1-11-9-12(20-16-11)10-17-5-7-18(8-6-17)14(19)13-3-2-4-15-13/h9,13,15H,2-8,10H2,1H3/t13-/m0/s1. The zero-order chi connectivity index (χ0) is 13.9. The maximum Gasteiger partial charge on any atom is 0.239 e. The van der Waals surface area contributed by atoms with E-state index in [1.165, 1.54) is 0 Å². The lowest BCUT2D eigenvalue weighted by molar-refractivity contribution is -0.134. The van der Waals surface area contributed by atoms with Crippen molar-refractivity contribution in [1.82, 2.24) is 20.3 Å². The Morgan fingerprint density at radius 3 is 2.85 bits per heavy atom. The van der Waals surface area contributed by atoms with Crippen LogP contribution in [0.3, 0.4) is 0 Å². The molecule has 0 saturated carbocycles. The predicted octanol–water partition coefficient (Wildman–Crippen LogP) is 0.379. The van der Waals surface area contributed by atoms with Crippen LogP contribution in [0.2, 0.25) is 0 Å². The van der Waals surface area contributed by atoms with Gasteiger partial charge in [0, 0.05) is 32.2 Å². The zero-order valence-corrected chi connectivity index (χ0v) is 12.0. The van der Waals surface area contributed by atoms with Crippen LogP contribution in [0.25, 0.3) is 0 Å². The summed E-state index contributed by atoms with van der Waals surface area (Å²) in [5.41, 5.74) is 0.918. The molecular weight excluding hydrogens is 256 g/mol. The molecular formula is C14H22N4O2. The van der Waals surface area contributed by atoms with Crippen molar-refractivity contribution in [3.05, 3.63) is 17.5 Å². The lowest BCUT2D eigenvalue weighted by atomic mass is 10.2. The van der Waals surface area contributed by atoms with Crippen LogP contribution in [0.1, 0.15) is 24.3 Å². The molecule has 3 rings (SSSR count). The van der Waals surface area contributed by atoms with Gasteiger partial charge in [0.05, 0.1) is 18.3 Å². The Hall–Kier alpha value is -1.40. The smallest absolute Gasteiger partial charge is 0.239 e. The van der Waals surface area contributed by atoms with Gasteiger partial charge in [0.1, 0.15) is 0 Å². The second kappa shape index (κ2) is 5.93. The molecule has 0 spiro atoms. The van der Waals surface area contributed by atoms with E-state index >= 15 is 0 Å². The van der Waals surface area contributed by atoms with Crippen LogP contribution in [-0.2, 0) is 11.3 Å². The summed E-state index contributed by atoms with van der Waals surface area (Å²) in [6, 6.07) is 2.03. The zero-order valence-electron chi connectivity index (χ0n) is 12.0. The number of aryl methyl sites for hydroxylation is 1. The summed E-state index contributed by atoms with van der Waals surface area (Å²) >= 11 is 0. The van der Waals surface area contributed by atoms with E-state index in [-0.39, 0.29) is 11.9 Å². The van der Waals surface area contributed by atoms with Gasteiger partial charge in [-0.3, -0.25) is 9.69 Å². The van der Waals surface area contributed by atoms with Gasteiger partial charge in [0.15, 0.2) is 5.76 Å². The third kappa shape index (κ3) is 3.02. The van der Waals surface area contributed by atoms with Crippen LogP contribution in [0, 0.1) is 6.92 Å². The third-order valence-electron chi connectivity index (χ3n) is 4.10. The highest BCUT2D eigenvalue weighted by Gasteiger charge is 2.29. The Morgan fingerprint density at radius 2 is 2.25 bits per heavy atom. The molecule has 2 saturated heterocycles. The van der Waals surface area contributed by atoms with E-state index in [9.17, 15) is 4.79 Å². The molecule has 1 aromatic heterocycles. The summed E-state index contributed by atoms with van der Waals surface area (Å²) in [6.07, 6.45) is 2.09. The van der Waals surface area contributed by atoms with E-state index < -0.39 is 0 Å². The van der Waals surface area contributed by atoms with Crippen molar-refractivity contribution in [2.45, 2.75) is 32.4 Å². The second-order valence-electron chi connectivity index (χ2n) is 5.68. The normalized spacial score (nSPS) is 24.2. The van der Waals surface area contributed by atoms with Gasteiger partial charge in [0.2, 0.25) is 5.91 Å². The van der Waals surface area contributed by atoms with Gasteiger partial charge >= 0.3 is 0 Å². The molecule has 2 aliphatic rings. The molecule has 110 valence electrons. The largest absolute Gasteiger partial charge is 0.360 e. The first-order valence-electron chi connectivity index (χ1n) is 7.39. The first kappa shape index (κ1) is 13.6. The Balaban J connectivity index is 1.48. The molecule has 1 aromatic rings. The third-order valence-corrected chi connectivity index (χ3v) is 4.10. The van der Waals surface area contributed by atoms with E-state index in [4.69, 9.17) is 4.52 Å². The maximum absolute atomic E-state index is 12.3. The topological polar surface area (TPSA) is 61.6 Å². The van der Waals surface area contributed by atoms with E-state index in [0.29, 0.717) is 0 Å². The number of nitrogens with zero attached hydrogens (tertiary/aromatic N) is 3. The van der Waals surface area contributed by atoms with E-state index in [1.54, 1.807) is 0 Å². The summed E-state index contributed by atoms with van der Waals surface area (Å²) in [5.74, 6) is 1.18. The highest BCUT2D eigenvalue weighted by molar-refractivity contribution is 5.82. The van der Waals surface area contributed by atoms with E-state index in [2.05, 4.69) is 15.4 Å². The number of nitrogens with one attached hydrogen (secondary N) is 1. The minimum absolute atomic E-state index is 0.0541. The van der Waals surface area contributed by atoms with Crippen molar-refractivity contribution >= 4 is 5.91 Å². The van der Waals surface area contributed by atoms with E-state index in [0.717, 1.165) is 63.6 Å². The van der Waals surface area contributed by atoms with Crippen LogP contribution < -0.4 is 5.32 Å². The molecule has 6 nitrogen and oxygen atoms in total. The minimum Gasteiger partial charge on any atom is -0.360 e. The fraction of sp³-hybridized carbons (Fsp3) is 0.714. The first-order valence-corrected chi connectivity index (χ1v) is 7.39. The predicted molar refractivity (Wildman–Crippen MR) is 74.1 cm³/mol. The van der Waals surface area contributed by atoms with Gasteiger partial charge in [-0.05, 0) is 26.3 Å². The molecule has 1 N–H and O–H groups in total. The van der Waals surface area contributed by atoms with Gasteiger partial charge in [-0.1, -0.05) is 5.16 Å². The van der Waals surface area contributed by atoms with Crippen molar-refractivity contribution < 1.29 is 9.32 Å². The van der Waals surface area contributed by atoms with Crippen molar-refractivity contribution in [3.8, 4) is 0 Å². The van der Waals surface area contributed by atoms with Crippen LogP contribution >= 0.6 is 0 Å². The highest BCUT2D eigenvalue weighted by atomic mass is 16.5. The molecule has 2 fully saturated rings. The van der Waals surface area contributed by atoms with Crippen molar-refractivity contribution in [1.29, 1.82) is 0 Å². The molecule has 0 radical (unpaired) electrons. The van der Waals surface area contributed by atoms with Crippen molar-refractivity contribution in [3.63, 3.8) is 0 Å². The van der Waals surface area contributed by atoms with Gasteiger partial charge in [-0.25, -0.2) is 0 Å². The van der Waals surface area contributed by atoms with Crippen molar-refractivity contribution in [2.75, 3.05) is 32.7 Å². The van der Waals surface area contributed by atoms with Gasteiger partial charge in [-0.15, -0.1) is 0 Å². The molecule has 0 aliphatic carbocycles.